The predicted octanol–water partition coefficient (Wildman–Crippen LogP) is 2.54. The van der Waals surface area contributed by atoms with Crippen LogP contribution in [0.1, 0.15) is 0 Å². The molecule has 0 saturated heterocycles. The van der Waals surface area contributed by atoms with E-state index in [2.05, 4.69) is 0 Å². The molecule has 6 aromatic rings. The minimum absolute atomic E-state index is 0. The van der Waals surface area contributed by atoms with Crippen molar-refractivity contribution in [1.29, 1.82) is 0 Å². The summed E-state index contributed by atoms with van der Waals surface area (Å²) in [5.74, 6) is -2.15. The molecule has 0 aliphatic heterocycles. The molecule has 206 valence electrons. The van der Waals surface area contributed by atoms with Gasteiger partial charge in [-0.2, -0.15) is 0 Å². The van der Waals surface area contributed by atoms with Gasteiger partial charge in [0.15, 0.2) is 10.9 Å². The molecule has 14 heteroatoms. The first-order valence-electron chi connectivity index (χ1n) is 11.8. The van der Waals surface area contributed by atoms with Gasteiger partial charge in [-0.3, -0.25) is 9.59 Å². The van der Waals surface area contributed by atoms with Crippen LogP contribution in [0.15, 0.2) is 91.2 Å². The van der Waals surface area contributed by atoms with Gasteiger partial charge in [-0.15, -0.1) is 0 Å². The molecule has 0 fully saturated rings. The summed E-state index contributed by atoms with van der Waals surface area (Å²) >= 11 is 0. The van der Waals surface area contributed by atoms with E-state index in [0.29, 0.717) is 5.56 Å². The van der Waals surface area contributed by atoms with Gasteiger partial charge in [0, 0.05) is 47.0 Å². The number of phenolic OH excluding ortho intramolecular Hbond substituents is 6. The fourth-order valence-electron chi connectivity index (χ4n) is 4.61. The molecule has 0 spiro atoms. The van der Waals surface area contributed by atoms with E-state index in [0.717, 1.165) is 30.3 Å². The molecule has 0 aliphatic rings. The van der Waals surface area contributed by atoms with Gasteiger partial charge in [0.1, 0.15) is 68.0 Å². The summed E-state index contributed by atoms with van der Waals surface area (Å²) in [6.45, 7) is 0. The van der Waals surface area contributed by atoms with E-state index in [1.807, 2.05) is 0 Å². The normalized spacial score (nSPS) is 10.3. The zero-order chi connectivity index (χ0) is 28.3. The Morgan fingerprint density at radius 2 is 1.02 bits per heavy atom. The first kappa shape index (κ1) is 38.3. The van der Waals surface area contributed by atoms with Gasteiger partial charge in [-0.25, -0.2) is 0 Å². The standard InChI is InChI=1S/C30H18O10.4Na.4H/c31-15-4-1-13(2-5-15)23-11-22(37)29-26(39-23)12-20(35)27(30(29)38)17-7-14(3-6-18(17)33)24-10-21(36)28-19(34)8-16(32)9-25(28)40-24;;;;;;;;/h1-12,31-35,38H;;;;;;;;. The van der Waals surface area contributed by atoms with Crippen molar-refractivity contribution in [1.82, 2.24) is 0 Å². The topological polar surface area (TPSA) is 182 Å². The van der Waals surface area contributed by atoms with E-state index in [1.54, 1.807) is 0 Å². The van der Waals surface area contributed by atoms with Crippen molar-refractivity contribution in [2.75, 3.05) is 0 Å². The molecule has 0 bridgehead atoms. The Morgan fingerprint density at radius 3 is 1.66 bits per heavy atom. The van der Waals surface area contributed by atoms with Crippen molar-refractivity contribution in [2.45, 2.75) is 0 Å². The van der Waals surface area contributed by atoms with Crippen LogP contribution in [-0.4, -0.2) is 149 Å². The molecular weight excluding hydrogens is 612 g/mol. The number of aromatic hydroxyl groups is 6. The molecule has 10 nitrogen and oxygen atoms in total. The van der Waals surface area contributed by atoms with Gasteiger partial charge in [0.2, 0.25) is 0 Å². The van der Waals surface area contributed by atoms with E-state index in [1.165, 1.54) is 42.5 Å². The number of hydrogen-bond acceptors (Lipinski definition) is 10. The number of benzene rings is 4. The number of hydrogen-bond donors (Lipinski definition) is 6. The third kappa shape index (κ3) is 7.07. The summed E-state index contributed by atoms with van der Waals surface area (Å²) in [5, 5.41) is 61.6. The van der Waals surface area contributed by atoms with Crippen molar-refractivity contribution < 1.29 is 39.5 Å². The molecular formula is C30H22Na4O10. The third-order valence-corrected chi connectivity index (χ3v) is 6.47. The van der Waals surface area contributed by atoms with E-state index in [-0.39, 0.29) is 186 Å². The van der Waals surface area contributed by atoms with Gasteiger partial charge in [0.25, 0.3) is 0 Å². The second-order valence-electron chi connectivity index (χ2n) is 9.06. The molecule has 4 aromatic carbocycles. The SMILES string of the molecule is O=c1cc(-c2ccc(O)c(-c3c(O)cc4oc(-c5ccc(O)cc5)cc(=O)c4c3O)c2)oc2cc(O)cc(O)c12.[NaH].[NaH].[NaH].[NaH]. The van der Waals surface area contributed by atoms with Crippen molar-refractivity contribution in [3.63, 3.8) is 0 Å². The van der Waals surface area contributed by atoms with Gasteiger partial charge >= 0.3 is 118 Å². The molecule has 0 saturated carbocycles. The van der Waals surface area contributed by atoms with Crippen molar-refractivity contribution in [3.8, 4) is 68.3 Å². The molecule has 0 amide bonds. The van der Waals surface area contributed by atoms with Crippen LogP contribution in [0, 0.1) is 0 Å². The van der Waals surface area contributed by atoms with Crippen LogP contribution >= 0.6 is 0 Å². The molecule has 2 aromatic heterocycles. The van der Waals surface area contributed by atoms with E-state index < -0.39 is 28.1 Å². The van der Waals surface area contributed by atoms with Crippen LogP contribution in [0.3, 0.4) is 0 Å². The average molecular weight is 634 g/mol. The molecule has 6 rings (SSSR count). The van der Waals surface area contributed by atoms with Crippen LogP contribution < -0.4 is 10.9 Å². The summed E-state index contributed by atoms with van der Waals surface area (Å²) in [6, 6.07) is 15.4. The van der Waals surface area contributed by atoms with Gasteiger partial charge in [-0.1, -0.05) is 0 Å². The zero-order valence-corrected chi connectivity index (χ0v) is 20.2. The van der Waals surface area contributed by atoms with Crippen LogP contribution in [0.25, 0.3) is 55.7 Å². The van der Waals surface area contributed by atoms with Crippen molar-refractivity contribution in [2.24, 2.45) is 0 Å². The first-order chi connectivity index (χ1) is 19.1. The fourth-order valence-corrected chi connectivity index (χ4v) is 4.61. The molecule has 0 radical (unpaired) electrons. The van der Waals surface area contributed by atoms with E-state index in [4.69, 9.17) is 8.83 Å². The second-order valence-corrected chi connectivity index (χ2v) is 9.06. The van der Waals surface area contributed by atoms with Crippen molar-refractivity contribution >= 4 is 140 Å². The quantitative estimate of drug-likeness (QED) is 0.158. The van der Waals surface area contributed by atoms with Crippen molar-refractivity contribution in [3.05, 3.63) is 93.2 Å². The first-order valence-corrected chi connectivity index (χ1v) is 11.8. The van der Waals surface area contributed by atoms with Crippen LogP contribution in [-0.2, 0) is 0 Å². The number of fused-ring (bicyclic) bond motifs is 2. The summed E-state index contributed by atoms with van der Waals surface area (Å²) in [6.07, 6.45) is 0. The zero-order valence-electron chi connectivity index (χ0n) is 20.2. The monoisotopic (exact) mass is 634 g/mol. The van der Waals surface area contributed by atoms with Crippen LogP contribution in [0.2, 0.25) is 0 Å². The molecule has 0 aliphatic carbocycles. The summed E-state index contributed by atoms with van der Waals surface area (Å²) in [7, 11) is 0. The summed E-state index contributed by atoms with van der Waals surface area (Å²) in [5.41, 5.74) is -1.07. The molecule has 0 unspecified atom stereocenters. The third-order valence-electron chi connectivity index (χ3n) is 6.47. The van der Waals surface area contributed by atoms with E-state index >= 15 is 0 Å². The maximum absolute atomic E-state index is 13.0. The predicted molar refractivity (Wildman–Crippen MR) is 173 cm³/mol. The number of rotatable bonds is 3. The Balaban J connectivity index is 0.00000169. The molecule has 0 atom stereocenters. The summed E-state index contributed by atoms with van der Waals surface area (Å²) in [4.78, 5) is 25.7. The van der Waals surface area contributed by atoms with Crippen LogP contribution in [0.5, 0.6) is 34.5 Å². The Morgan fingerprint density at radius 1 is 0.477 bits per heavy atom. The molecule has 6 N–H and O–H groups in total. The second kappa shape index (κ2) is 15.1. The average Bonchev–Trinajstić information content (AvgIpc) is 2.89. The van der Waals surface area contributed by atoms with Crippen LogP contribution in [0.4, 0.5) is 0 Å². The maximum atomic E-state index is 13.0. The van der Waals surface area contributed by atoms with Gasteiger partial charge < -0.3 is 39.5 Å². The summed E-state index contributed by atoms with van der Waals surface area (Å²) < 4.78 is 11.5. The number of phenols is 6. The van der Waals surface area contributed by atoms with Gasteiger partial charge in [-0.05, 0) is 42.5 Å². The molecule has 44 heavy (non-hydrogen) atoms. The Bertz CT molecular complexity index is 2120. The Hall–Kier alpha value is -1.90. The fraction of sp³-hybridized carbons (Fsp3) is 0. The Kier molecular flexibility index (Phi) is 13.2. The Labute approximate surface area is 336 Å². The molecule has 2 heterocycles. The minimum atomic E-state index is -0.650. The van der Waals surface area contributed by atoms with E-state index in [9.17, 15) is 40.2 Å². The van der Waals surface area contributed by atoms with Gasteiger partial charge in [0.05, 0.1) is 5.56 Å².